The van der Waals surface area contributed by atoms with Crippen LogP contribution in [0.3, 0.4) is 0 Å². The summed E-state index contributed by atoms with van der Waals surface area (Å²) in [4.78, 5) is 14.5. The van der Waals surface area contributed by atoms with Crippen molar-refractivity contribution in [3.63, 3.8) is 0 Å². The van der Waals surface area contributed by atoms with Crippen molar-refractivity contribution < 1.29 is 9.53 Å². The molecule has 1 amide bonds. The van der Waals surface area contributed by atoms with Crippen LogP contribution in [0.15, 0.2) is 0 Å². The molecule has 2 fully saturated rings. The highest BCUT2D eigenvalue weighted by Gasteiger charge is 2.44. The minimum absolute atomic E-state index is 0.178. The van der Waals surface area contributed by atoms with E-state index in [0.29, 0.717) is 19.8 Å². The molecular weight excluding hydrogens is 204 g/mol. The molecule has 2 saturated heterocycles. The van der Waals surface area contributed by atoms with Crippen LogP contribution in [0.1, 0.15) is 33.6 Å². The SMILES string of the molecule is CC1(C(=O)N2CCOCC2(C)C)CCCN1. The molecule has 0 aliphatic carbocycles. The van der Waals surface area contributed by atoms with Crippen molar-refractivity contribution >= 4 is 5.91 Å². The van der Waals surface area contributed by atoms with Gasteiger partial charge in [-0.25, -0.2) is 0 Å². The predicted molar refractivity (Wildman–Crippen MR) is 62.3 cm³/mol. The van der Waals surface area contributed by atoms with Crippen LogP contribution in [-0.4, -0.2) is 48.2 Å². The van der Waals surface area contributed by atoms with E-state index < -0.39 is 0 Å². The molecule has 2 aliphatic heterocycles. The highest BCUT2D eigenvalue weighted by molar-refractivity contribution is 5.87. The highest BCUT2D eigenvalue weighted by Crippen LogP contribution is 2.27. The summed E-state index contributed by atoms with van der Waals surface area (Å²) in [5.74, 6) is 0.235. The Kier molecular flexibility index (Phi) is 2.97. The molecule has 0 spiro atoms. The van der Waals surface area contributed by atoms with Gasteiger partial charge in [0, 0.05) is 6.54 Å². The number of hydrogen-bond acceptors (Lipinski definition) is 3. The van der Waals surface area contributed by atoms with Crippen LogP contribution in [0.4, 0.5) is 0 Å². The van der Waals surface area contributed by atoms with E-state index in [4.69, 9.17) is 4.74 Å². The molecular formula is C12H22N2O2. The first kappa shape index (κ1) is 11.9. The Morgan fingerprint density at radius 1 is 1.38 bits per heavy atom. The van der Waals surface area contributed by atoms with Crippen molar-refractivity contribution in [2.45, 2.75) is 44.7 Å². The Labute approximate surface area is 97.3 Å². The van der Waals surface area contributed by atoms with E-state index >= 15 is 0 Å². The van der Waals surface area contributed by atoms with Gasteiger partial charge in [0.05, 0.1) is 24.3 Å². The Balaban J connectivity index is 2.13. The lowest BCUT2D eigenvalue weighted by Gasteiger charge is -2.45. The number of ether oxygens (including phenoxy) is 1. The predicted octanol–water partition coefficient (Wildman–Crippen LogP) is 0.766. The minimum Gasteiger partial charge on any atom is -0.377 e. The molecule has 0 aromatic heterocycles. The van der Waals surface area contributed by atoms with Gasteiger partial charge in [0.1, 0.15) is 0 Å². The molecule has 4 heteroatoms. The first-order valence-corrected chi connectivity index (χ1v) is 6.11. The molecule has 0 aromatic carbocycles. The number of rotatable bonds is 1. The minimum atomic E-state index is -0.353. The monoisotopic (exact) mass is 226 g/mol. The first-order chi connectivity index (χ1) is 7.46. The number of nitrogens with one attached hydrogen (secondary N) is 1. The normalized spacial score (nSPS) is 34.1. The summed E-state index contributed by atoms with van der Waals surface area (Å²) < 4.78 is 5.45. The number of amides is 1. The summed E-state index contributed by atoms with van der Waals surface area (Å²) in [7, 11) is 0. The third-order valence-electron chi connectivity index (χ3n) is 3.73. The summed E-state index contributed by atoms with van der Waals surface area (Å²) in [6.45, 7) is 9.12. The van der Waals surface area contributed by atoms with Crippen LogP contribution in [0.5, 0.6) is 0 Å². The van der Waals surface area contributed by atoms with E-state index in [9.17, 15) is 4.79 Å². The lowest BCUT2D eigenvalue weighted by molar-refractivity contribution is -0.152. The van der Waals surface area contributed by atoms with Crippen molar-refractivity contribution in [2.75, 3.05) is 26.3 Å². The Hall–Kier alpha value is -0.610. The quantitative estimate of drug-likeness (QED) is 0.718. The molecule has 1 N–H and O–H groups in total. The van der Waals surface area contributed by atoms with Crippen molar-refractivity contribution in [3.05, 3.63) is 0 Å². The van der Waals surface area contributed by atoms with Gasteiger partial charge in [-0.05, 0) is 40.2 Å². The van der Waals surface area contributed by atoms with E-state index in [0.717, 1.165) is 19.4 Å². The zero-order chi connectivity index (χ0) is 11.8. The summed E-state index contributed by atoms with van der Waals surface area (Å²) in [5, 5.41) is 3.34. The first-order valence-electron chi connectivity index (χ1n) is 6.11. The zero-order valence-corrected chi connectivity index (χ0v) is 10.5. The van der Waals surface area contributed by atoms with Gasteiger partial charge in [-0.15, -0.1) is 0 Å². The number of carbonyl (C=O) groups excluding carboxylic acids is 1. The molecule has 0 saturated carbocycles. The van der Waals surface area contributed by atoms with Gasteiger partial charge >= 0.3 is 0 Å². The lowest BCUT2D eigenvalue weighted by atomic mass is 9.93. The van der Waals surface area contributed by atoms with Gasteiger partial charge in [-0.1, -0.05) is 0 Å². The van der Waals surface area contributed by atoms with Crippen LogP contribution >= 0.6 is 0 Å². The van der Waals surface area contributed by atoms with Crippen molar-refractivity contribution in [2.24, 2.45) is 0 Å². The fourth-order valence-electron chi connectivity index (χ4n) is 2.61. The van der Waals surface area contributed by atoms with Crippen molar-refractivity contribution in [1.29, 1.82) is 0 Å². The fraction of sp³-hybridized carbons (Fsp3) is 0.917. The van der Waals surface area contributed by atoms with Crippen molar-refractivity contribution in [3.8, 4) is 0 Å². The lowest BCUT2D eigenvalue weighted by Crippen LogP contribution is -2.63. The molecule has 2 rings (SSSR count). The number of morpholine rings is 1. The van der Waals surface area contributed by atoms with Gasteiger partial charge in [0.15, 0.2) is 0 Å². The molecule has 2 aliphatic rings. The summed E-state index contributed by atoms with van der Waals surface area (Å²) in [5.41, 5.74) is -0.531. The van der Waals surface area contributed by atoms with E-state index in [1.807, 2.05) is 11.8 Å². The van der Waals surface area contributed by atoms with E-state index in [2.05, 4.69) is 19.2 Å². The van der Waals surface area contributed by atoms with Crippen molar-refractivity contribution in [1.82, 2.24) is 10.2 Å². The van der Waals surface area contributed by atoms with E-state index in [1.54, 1.807) is 0 Å². The number of nitrogens with zero attached hydrogens (tertiary/aromatic N) is 1. The van der Waals surface area contributed by atoms with Gasteiger partial charge < -0.3 is 15.0 Å². The zero-order valence-electron chi connectivity index (χ0n) is 10.5. The third kappa shape index (κ3) is 1.96. The third-order valence-corrected chi connectivity index (χ3v) is 3.73. The van der Waals surface area contributed by atoms with Gasteiger partial charge in [0.2, 0.25) is 5.91 Å². The summed E-state index contributed by atoms with van der Waals surface area (Å²) >= 11 is 0. The molecule has 2 heterocycles. The molecule has 0 aromatic rings. The molecule has 0 bridgehead atoms. The van der Waals surface area contributed by atoms with Crippen LogP contribution in [0.25, 0.3) is 0 Å². The van der Waals surface area contributed by atoms with E-state index in [1.165, 1.54) is 0 Å². The topological polar surface area (TPSA) is 41.6 Å². The Bertz CT molecular complexity index is 283. The molecule has 1 unspecified atom stereocenters. The maximum absolute atomic E-state index is 12.5. The molecule has 0 radical (unpaired) electrons. The Morgan fingerprint density at radius 2 is 2.12 bits per heavy atom. The van der Waals surface area contributed by atoms with E-state index in [-0.39, 0.29) is 17.0 Å². The number of hydrogen-bond donors (Lipinski definition) is 1. The molecule has 1 atom stereocenters. The molecule has 4 nitrogen and oxygen atoms in total. The van der Waals surface area contributed by atoms with Gasteiger partial charge in [0.25, 0.3) is 0 Å². The molecule has 92 valence electrons. The van der Waals surface area contributed by atoms with Crippen LogP contribution < -0.4 is 5.32 Å². The second-order valence-corrected chi connectivity index (χ2v) is 5.68. The average molecular weight is 226 g/mol. The maximum atomic E-state index is 12.5. The van der Waals surface area contributed by atoms with Crippen LogP contribution in [0.2, 0.25) is 0 Å². The second kappa shape index (κ2) is 4.00. The second-order valence-electron chi connectivity index (χ2n) is 5.68. The highest BCUT2D eigenvalue weighted by atomic mass is 16.5. The number of carbonyl (C=O) groups is 1. The van der Waals surface area contributed by atoms with Crippen LogP contribution in [-0.2, 0) is 9.53 Å². The van der Waals surface area contributed by atoms with Crippen LogP contribution in [0, 0.1) is 0 Å². The maximum Gasteiger partial charge on any atom is 0.243 e. The van der Waals surface area contributed by atoms with Gasteiger partial charge in [-0.3, -0.25) is 4.79 Å². The molecule has 16 heavy (non-hydrogen) atoms. The Morgan fingerprint density at radius 3 is 2.69 bits per heavy atom. The summed E-state index contributed by atoms with van der Waals surface area (Å²) in [6, 6.07) is 0. The summed E-state index contributed by atoms with van der Waals surface area (Å²) in [6.07, 6.45) is 2.03. The smallest absolute Gasteiger partial charge is 0.243 e. The standard InChI is InChI=1S/C12H22N2O2/c1-11(2)9-16-8-7-14(11)10(15)12(3)5-4-6-13-12/h13H,4-9H2,1-3H3. The fourth-order valence-corrected chi connectivity index (χ4v) is 2.61. The van der Waals surface area contributed by atoms with Gasteiger partial charge in [-0.2, -0.15) is 0 Å². The average Bonchev–Trinajstić information content (AvgIpc) is 2.65. The largest absolute Gasteiger partial charge is 0.377 e.